The first kappa shape index (κ1) is 19.8. The molecule has 1 aromatic rings. The summed E-state index contributed by atoms with van der Waals surface area (Å²) in [5, 5.41) is 3.24. The van der Waals surface area contributed by atoms with E-state index >= 15 is 0 Å². The van der Waals surface area contributed by atoms with Gasteiger partial charge in [-0.25, -0.2) is 9.78 Å². The second kappa shape index (κ2) is 7.39. The predicted octanol–water partition coefficient (Wildman–Crippen LogP) is 4.29. The Morgan fingerprint density at radius 2 is 1.96 bits per heavy atom. The van der Waals surface area contributed by atoms with Crippen molar-refractivity contribution in [2.24, 2.45) is 5.92 Å². The monoisotopic (exact) mass is 379 g/mol. The zero-order chi connectivity index (χ0) is 18.8. The van der Waals surface area contributed by atoms with Crippen molar-refractivity contribution in [2.45, 2.75) is 58.4 Å². The van der Waals surface area contributed by atoms with Gasteiger partial charge in [-0.3, -0.25) is 0 Å². The van der Waals surface area contributed by atoms with E-state index in [9.17, 15) is 18.0 Å². The first-order chi connectivity index (χ1) is 11.5. The maximum atomic E-state index is 12.7. The number of carbonyl (C=O) groups excluding carboxylic acids is 1. The largest absolute Gasteiger partial charge is 0.444 e. The van der Waals surface area contributed by atoms with Crippen molar-refractivity contribution in [2.75, 3.05) is 18.0 Å². The van der Waals surface area contributed by atoms with Crippen LogP contribution in [0.25, 0.3) is 0 Å². The Bertz CT molecular complexity index is 590. The van der Waals surface area contributed by atoms with Gasteiger partial charge in [0, 0.05) is 19.1 Å². The average Bonchev–Trinajstić information content (AvgIpc) is 2.95. The molecular formula is C16H24F3N3O2S. The fourth-order valence-corrected chi connectivity index (χ4v) is 3.58. The van der Waals surface area contributed by atoms with Crippen molar-refractivity contribution >= 4 is 22.6 Å². The van der Waals surface area contributed by atoms with E-state index in [0.717, 1.165) is 19.0 Å². The average molecular weight is 379 g/mol. The van der Waals surface area contributed by atoms with Gasteiger partial charge in [-0.1, -0.05) is 11.3 Å². The summed E-state index contributed by atoms with van der Waals surface area (Å²) in [6, 6.07) is -0.0565. The van der Waals surface area contributed by atoms with Crippen molar-refractivity contribution in [3.8, 4) is 0 Å². The number of anilines is 1. The van der Waals surface area contributed by atoms with Gasteiger partial charge in [0.15, 0.2) is 5.13 Å². The molecule has 1 unspecified atom stereocenters. The van der Waals surface area contributed by atoms with Gasteiger partial charge in [0.25, 0.3) is 0 Å². The number of halogens is 3. The molecule has 0 saturated carbocycles. The van der Waals surface area contributed by atoms with Crippen molar-refractivity contribution in [1.29, 1.82) is 0 Å². The molecule has 1 saturated heterocycles. The Labute approximate surface area is 149 Å². The molecular weight excluding hydrogens is 355 g/mol. The number of thiazole rings is 1. The van der Waals surface area contributed by atoms with Crippen LogP contribution in [0.2, 0.25) is 0 Å². The maximum Gasteiger partial charge on any atom is 0.427 e. The van der Waals surface area contributed by atoms with Crippen LogP contribution in [-0.2, 0) is 10.9 Å². The number of ether oxygens (including phenoxy) is 1. The summed E-state index contributed by atoms with van der Waals surface area (Å²) in [4.78, 5) is 16.9. The summed E-state index contributed by atoms with van der Waals surface area (Å²) >= 11 is 0.673. The molecule has 0 radical (unpaired) electrons. The molecule has 0 spiro atoms. The Balaban J connectivity index is 1.85. The lowest BCUT2D eigenvalue weighted by molar-refractivity contribution is -0.134. The number of piperidine rings is 1. The minimum atomic E-state index is -4.35. The number of alkyl carbamates (subject to hydrolysis) is 1. The quantitative estimate of drug-likeness (QED) is 0.851. The molecule has 142 valence electrons. The zero-order valence-corrected chi connectivity index (χ0v) is 15.6. The number of alkyl halides is 3. The smallest absolute Gasteiger partial charge is 0.427 e. The molecule has 0 bridgehead atoms. The number of hydrogen-bond donors (Lipinski definition) is 1. The van der Waals surface area contributed by atoms with Gasteiger partial charge in [0.2, 0.25) is 0 Å². The van der Waals surface area contributed by atoms with Gasteiger partial charge >= 0.3 is 12.3 Å². The van der Waals surface area contributed by atoms with Crippen LogP contribution in [0.5, 0.6) is 0 Å². The lowest BCUT2D eigenvalue weighted by Gasteiger charge is -2.35. The third-order valence-electron chi connectivity index (χ3n) is 4.03. The lowest BCUT2D eigenvalue weighted by atomic mass is 9.90. The second-order valence-electron chi connectivity index (χ2n) is 7.26. The third kappa shape index (κ3) is 5.76. The highest BCUT2D eigenvalue weighted by atomic mass is 32.1. The SMILES string of the molecule is CC(NC(=O)OC(C)(C)C)C1CCN(c2ncc(C(F)(F)F)s2)CC1. The Kier molecular flexibility index (Phi) is 5.86. The standard InChI is InChI=1S/C16H24F3N3O2S/c1-10(21-14(23)24-15(2,3)4)11-5-7-22(8-6-11)13-20-9-12(25-13)16(17,18)19/h9-11H,5-8H2,1-4H3,(H,21,23). The van der Waals surface area contributed by atoms with Crippen molar-refractivity contribution in [3.05, 3.63) is 11.1 Å². The van der Waals surface area contributed by atoms with Crippen LogP contribution >= 0.6 is 11.3 Å². The number of nitrogens with one attached hydrogen (secondary N) is 1. The van der Waals surface area contributed by atoms with Crippen LogP contribution in [0.4, 0.5) is 23.1 Å². The van der Waals surface area contributed by atoms with Gasteiger partial charge < -0.3 is 15.0 Å². The van der Waals surface area contributed by atoms with E-state index in [4.69, 9.17) is 4.74 Å². The van der Waals surface area contributed by atoms with Crippen LogP contribution in [0.1, 0.15) is 45.4 Å². The van der Waals surface area contributed by atoms with Gasteiger partial charge in [-0.15, -0.1) is 0 Å². The van der Waals surface area contributed by atoms with Crippen molar-refractivity contribution in [3.63, 3.8) is 0 Å². The molecule has 1 aliphatic heterocycles. The summed E-state index contributed by atoms with van der Waals surface area (Å²) < 4.78 is 43.3. The molecule has 25 heavy (non-hydrogen) atoms. The van der Waals surface area contributed by atoms with Crippen molar-refractivity contribution < 1.29 is 22.7 Å². The molecule has 1 aromatic heterocycles. The summed E-state index contributed by atoms with van der Waals surface area (Å²) in [6.45, 7) is 8.58. The molecule has 5 nitrogen and oxygen atoms in total. The number of carbonyl (C=O) groups is 1. The number of aromatic nitrogens is 1. The van der Waals surface area contributed by atoms with E-state index in [1.165, 1.54) is 0 Å². The van der Waals surface area contributed by atoms with E-state index in [1.807, 2.05) is 11.8 Å². The van der Waals surface area contributed by atoms with Gasteiger partial charge in [-0.05, 0) is 46.5 Å². The molecule has 0 aromatic carbocycles. The first-order valence-corrected chi connectivity index (χ1v) is 9.05. The molecule has 9 heteroatoms. The Morgan fingerprint density at radius 3 is 2.44 bits per heavy atom. The Hall–Kier alpha value is -1.51. The molecule has 1 aliphatic rings. The van der Waals surface area contributed by atoms with Gasteiger partial charge in [0.05, 0.1) is 6.20 Å². The maximum absolute atomic E-state index is 12.7. The molecule has 2 rings (SSSR count). The highest BCUT2D eigenvalue weighted by Crippen LogP contribution is 2.37. The number of amides is 1. The molecule has 1 amide bonds. The summed E-state index contributed by atoms with van der Waals surface area (Å²) in [5.41, 5.74) is -0.547. The van der Waals surface area contributed by atoms with E-state index in [2.05, 4.69) is 10.3 Å². The van der Waals surface area contributed by atoms with Crippen LogP contribution in [0.3, 0.4) is 0 Å². The molecule has 1 N–H and O–H groups in total. The normalized spacial score (nSPS) is 18.1. The van der Waals surface area contributed by atoms with Crippen LogP contribution < -0.4 is 10.2 Å². The number of nitrogens with zero attached hydrogens (tertiary/aromatic N) is 2. The lowest BCUT2D eigenvalue weighted by Crippen LogP contribution is -2.45. The van der Waals surface area contributed by atoms with Crippen molar-refractivity contribution in [1.82, 2.24) is 10.3 Å². The summed E-state index contributed by atoms with van der Waals surface area (Å²) in [5.74, 6) is 0.255. The van der Waals surface area contributed by atoms with Crippen LogP contribution in [-0.4, -0.2) is 35.8 Å². The highest BCUT2D eigenvalue weighted by molar-refractivity contribution is 7.15. The fourth-order valence-electron chi connectivity index (χ4n) is 2.74. The minimum Gasteiger partial charge on any atom is -0.444 e. The molecule has 0 aliphatic carbocycles. The molecule has 2 heterocycles. The summed E-state index contributed by atoms with van der Waals surface area (Å²) in [7, 11) is 0. The third-order valence-corrected chi connectivity index (χ3v) is 5.14. The van der Waals surface area contributed by atoms with Gasteiger partial charge in [0.1, 0.15) is 10.5 Å². The molecule has 1 atom stereocenters. The summed E-state index contributed by atoms with van der Waals surface area (Å²) in [6.07, 6.45) is -2.36. The van der Waals surface area contributed by atoms with E-state index in [1.54, 1.807) is 20.8 Å². The zero-order valence-electron chi connectivity index (χ0n) is 14.8. The topological polar surface area (TPSA) is 54.5 Å². The van der Waals surface area contributed by atoms with E-state index < -0.39 is 22.7 Å². The first-order valence-electron chi connectivity index (χ1n) is 8.23. The van der Waals surface area contributed by atoms with Gasteiger partial charge in [-0.2, -0.15) is 13.2 Å². The Morgan fingerprint density at radius 1 is 1.36 bits per heavy atom. The highest BCUT2D eigenvalue weighted by Gasteiger charge is 2.34. The fraction of sp³-hybridized carbons (Fsp3) is 0.750. The minimum absolute atomic E-state index is 0.0565. The van der Waals surface area contributed by atoms with Crippen LogP contribution in [0, 0.1) is 5.92 Å². The second-order valence-corrected chi connectivity index (χ2v) is 8.27. The predicted molar refractivity (Wildman–Crippen MR) is 90.9 cm³/mol. The van der Waals surface area contributed by atoms with E-state index in [0.29, 0.717) is 29.6 Å². The number of hydrogen-bond acceptors (Lipinski definition) is 5. The molecule has 1 fully saturated rings. The van der Waals surface area contributed by atoms with Crippen LogP contribution in [0.15, 0.2) is 6.20 Å². The van der Waals surface area contributed by atoms with E-state index in [-0.39, 0.29) is 12.0 Å². The number of rotatable bonds is 3.